The number of hydrogen-bond acceptors (Lipinski definition) is 5. The molecule has 16 heavy (non-hydrogen) atoms. The molecule has 0 fully saturated rings. The number of anilines is 1. The Morgan fingerprint density at radius 2 is 2.12 bits per heavy atom. The second kappa shape index (κ2) is 5.35. The van der Waals surface area contributed by atoms with Crippen LogP contribution in [0.5, 0.6) is 0 Å². The van der Waals surface area contributed by atoms with Gasteiger partial charge in [-0.25, -0.2) is 9.97 Å². The number of hydrogen-bond donors (Lipinski definition) is 2. The van der Waals surface area contributed by atoms with E-state index in [1.165, 1.54) is 7.05 Å². The second-order valence-electron chi connectivity index (χ2n) is 2.73. The van der Waals surface area contributed by atoms with E-state index in [2.05, 4.69) is 15.3 Å². The summed E-state index contributed by atoms with van der Waals surface area (Å²) in [6, 6.07) is 0.862. The molecular weight excluding hydrogens is 243 g/mol. The van der Waals surface area contributed by atoms with Gasteiger partial charge >= 0.3 is 6.18 Å². The Morgan fingerprint density at radius 3 is 2.62 bits per heavy atom. The fourth-order valence-electron chi connectivity index (χ4n) is 0.906. The van der Waals surface area contributed by atoms with E-state index in [1.54, 1.807) is 0 Å². The van der Waals surface area contributed by atoms with E-state index < -0.39 is 11.9 Å². The van der Waals surface area contributed by atoms with Gasteiger partial charge in [0.15, 0.2) is 5.69 Å². The van der Waals surface area contributed by atoms with Crippen LogP contribution in [0.25, 0.3) is 0 Å². The lowest BCUT2D eigenvalue weighted by Gasteiger charge is -2.09. The first-order valence-electron chi connectivity index (χ1n) is 4.35. The molecule has 0 aliphatic rings. The molecule has 0 spiro atoms. The minimum Gasteiger partial charge on any atom is -0.396 e. The Bertz CT molecular complexity index is 359. The first-order chi connectivity index (χ1) is 7.47. The molecule has 1 aromatic heterocycles. The second-order valence-corrected chi connectivity index (χ2v) is 3.85. The van der Waals surface area contributed by atoms with Gasteiger partial charge in [-0.1, -0.05) is 0 Å². The number of alkyl halides is 3. The van der Waals surface area contributed by atoms with Crippen LogP contribution in [0.2, 0.25) is 0 Å². The molecule has 0 amide bonds. The summed E-state index contributed by atoms with van der Waals surface area (Å²) in [7, 11) is 1.44. The Morgan fingerprint density at radius 1 is 1.44 bits per heavy atom. The topological polar surface area (TPSA) is 58.0 Å². The summed E-state index contributed by atoms with van der Waals surface area (Å²) in [4.78, 5) is 7.14. The van der Waals surface area contributed by atoms with Crippen LogP contribution in [-0.4, -0.2) is 34.5 Å². The minimum absolute atomic E-state index is 0.0877. The van der Waals surface area contributed by atoms with Crippen molar-refractivity contribution in [3.8, 4) is 0 Å². The molecule has 0 atom stereocenters. The highest BCUT2D eigenvalue weighted by Gasteiger charge is 2.33. The number of aliphatic hydroxyl groups excluding tert-OH is 1. The number of thioether (sulfide) groups is 1. The summed E-state index contributed by atoms with van der Waals surface area (Å²) in [5.41, 5.74) is -0.993. The van der Waals surface area contributed by atoms with Crippen molar-refractivity contribution >= 4 is 17.7 Å². The van der Waals surface area contributed by atoms with Gasteiger partial charge in [-0.05, 0) is 0 Å². The lowest BCUT2D eigenvalue weighted by atomic mass is 10.4. The van der Waals surface area contributed by atoms with E-state index in [0.29, 0.717) is 0 Å². The monoisotopic (exact) mass is 253 g/mol. The predicted molar refractivity (Wildman–Crippen MR) is 54.4 cm³/mol. The maximum atomic E-state index is 12.4. The van der Waals surface area contributed by atoms with Crippen LogP contribution >= 0.6 is 11.8 Å². The molecule has 1 heterocycles. The highest BCUT2D eigenvalue weighted by atomic mass is 32.2. The summed E-state index contributed by atoms with van der Waals surface area (Å²) in [5, 5.41) is 11.2. The molecule has 0 saturated carbocycles. The van der Waals surface area contributed by atoms with E-state index in [1.807, 2.05) is 0 Å². The van der Waals surface area contributed by atoms with Gasteiger partial charge < -0.3 is 10.4 Å². The lowest BCUT2D eigenvalue weighted by Crippen LogP contribution is -2.11. The highest BCUT2D eigenvalue weighted by molar-refractivity contribution is 7.99. The third kappa shape index (κ3) is 3.53. The SMILES string of the molecule is CNc1nc(SCCO)cc(C(F)(F)F)n1. The first-order valence-corrected chi connectivity index (χ1v) is 5.33. The fourth-order valence-corrected chi connectivity index (χ4v) is 1.55. The van der Waals surface area contributed by atoms with Crippen LogP contribution in [0, 0.1) is 0 Å². The molecule has 0 unspecified atom stereocenters. The summed E-state index contributed by atoms with van der Waals surface area (Å²) in [6.45, 7) is -0.120. The predicted octanol–water partition coefficient (Wildman–Crippen LogP) is 1.62. The Labute approximate surface area is 94.3 Å². The maximum Gasteiger partial charge on any atom is 0.433 e. The number of nitrogens with one attached hydrogen (secondary N) is 1. The van der Waals surface area contributed by atoms with Gasteiger partial charge in [0.1, 0.15) is 5.03 Å². The van der Waals surface area contributed by atoms with Crippen molar-refractivity contribution in [1.29, 1.82) is 0 Å². The van der Waals surface area contributed by atoms with Crippen LogP contribution in [0.15, 0.2) is 11.1 Å². The zero-order chi connectivity index (χ0) is 12.2. The largest absolute Gasteiger partial charge is 0.433 e. The summed E-state index contributed by atoms with van der Waals surface area (Å²) in [5.74, 6) is 0.201. The lowest BCUT2D eigenvalue weighted by molar-refractivity contribution is -0.141. The molecule has 0 radical (unpaired) electrons. The van der Waals surface area contributed by atoms with E-state index in [0.717, 1.165) is 17.8 Å². The molecule has 1 rings (SSSR count). The van der Waals surface area contributed by atoms with Gasteiger partial charge in [0.05, 0.1) is 6.61 Å². The van der Waals surface area contributed by atoms with Crippen LogP contribution in [-0.2, 0) is 6.18 Å². The third-order valence-electron chi connectivity index (χ3n) is 1.56. The quantitative estimate of drug-likeness (QED) is 0.631. The Hall–Kier alpha value is -1.02. The standard InChI is InChI=1S/C8H10F3N3OS/c1-12-7-13-5(8(9,10)11)4-6(14-7)16-3-2-15/h4,15H,2-3H2,1H3,(H,12,13,14). The fraction of sp³-hybridized carbons (Fsp3) is 0.500. The van der Waals surface area contributed by atoms with Crippen molar-refractivity contribution in [3.05, 3.63) is 11.8 Å². The van der Waals surface area contributed by atoms with Crippen molar-refractivity contribution in [1.82, 2.24) is 9.97 Å². The van der Waals surface area contributed by atoms with Crippen molar-refractivity contribution in [2.45, 2.75) is 11.2 Å². The Balaban J connectivity index is 3.01. The van der Waals surface area contributed by atoms with Crippen LogP contribution < -0.4 is 5.32 Å². The molecule has 4 nitrogen and oxygen atoms in total. The smallest absolute Gasteiger partial charge is 0.396 e. The van der Waals surface area contributed by atoms with E-state index in [9.17, 15) is 13.2 Å². The van der Waals surface area contributed by atoms with Crippen molar-refractivity contribution < 1.29 is 18.3 Å². The molecule has 0 aromatic carbocycles. The molecule has 0 bridgehead atoms. The molecule has 0 aliphatic carbocycles. The van der Waals surface area contributed by atoms with Gasteiger partial charge in [0, 0.05) is 18.9 Å². The van der Waals surface area contributed by atoms with Crippen LogP contribution in [0.3, 0.4) is 0 Å². The van der Waals surface area contributed by atoms with E-state index in [4.69, 9.17) is 5.11 Å². The summed E-state index contributed by atoms with van der Waals surface area (Å²) < 4.78 is 37.3. The zero-order valence-corrected chi connectivity index (χ0v) is 9.19. The van der Waals surface area contributed by atoms with Crippen molar-refractivity contribution in [2.24, 2.45) is 0 Å². The number of aromatic nitrogens is 2. The molecular formula is C8H10F3N3OS. The normalized spacial score (nSPS) is 11.6. The molecule has 0 saturated heterocycles. The summed E-state index contributed by atoms with van der Waals surface area (Å²) in [6.07, 6.45) is -4.50. The summed E-state index contributed by atoms with van der Waals surface area (Å²) >= 11 is 1.04. The maximum absolute atomic E-state index is 12.4. The van der Waals surface area contributed by atoms with E-state index in [-0.39, 0.29) is 23.3 Å². The van der Waals surface area contributed by atoms with Gasteiger partial charge in [-0.15, -0.1) is 11.8 Å². The Kier molecular flexibility index (Phi) is 4.36. The zero-order valence-electron chi connectivity index (χ0n) is 8.38. The van der Waals surface area contributed by atoms with Crippen LogP contribution in [0.1, 0.15) is 5.69 Å². The number of nitrogens with zero attached hydrogens (tertiary/aromatic N) is 2. The first kappa shape index (κ1) is 13.0. The molecule has 8 heteroatoms. The molecule has 0 aliphatic heterocycles. The van der Waals surface area contributed by atoms with E-state index >= 15 is 0 Å². The van der Waals surface area contributed by atoms with Crippen molar-refractivity contribution in [2.75, 3.05) is 24.7 Å². The van der Waals surface area contributed by atoms with Gasteiger partial charge in [0.2, 0.25) is 5.95 Å². The van der Waals surface area contributed by atoms with Gasteiger partial charge in [-0.2, -0.15) is 13.2 Å². The third-order valence-corrected chi connectivity index (χ3v) is 2.45. The van der Waals surface area contributed by atoms with Crippen LogP contribution in [0.4, 0.5) is 19.1 Å². The highest BCUT2D eigenvalue weighted by Crippen LogP contribution is 2.30. The minimum atomic E-state index is -4.50. The average Bonchev–Trinajstić information content (AvgIpc) is 2.24. The number of rotatable bonds is 4. The van der Waals surface area contributed by atoms with Crippen molar-refractivity contribution in [3.63, 3.8) is 0 Å². The number of halogens is 3. The number of aliphatic hydroxyl groups is 1. The van der Waals surface area contributed by atoms with Gasteiger partial charge in [-0.3, -0.25) is 0 Å². The average molecular weight is 253 g/mol. The molecule has 1 aromatic rings. The molecule has 90 valence electrons. The molecule has 2 N–H and O–H groups in total. The van der Waals surface area contributed by atoms with Gasteiger partial charge in [0.25, 0.3) is 0 Å².